The molecule has 6 heteroatoms. The molecule has 9 aliphatic carbocycles. The number of carbonyl (C=O) groups is 1. The van der Waals surface area contributed by atoms with Gasteiger partial charge in [-0.15, -0.1) is 0 Å². The molecule has 5 N–H and O–H groups in total. The number of aromatic hydroxyl groups is 1. The molecular formula is C73H86O6. The molecule has 2 bridgehead atoms. The topological polar surface area (TPSA) is 118 Å². The van der Waals surface area contributed by atoms with Gasteiger partial charge in [0.05, 0.1) is 24.4 Å². The standard InChI is InChI=1S/C73H86O6/c1-46(50-17-8-5-9-18-50)54(45-74)26-31-58(67(78)79)66-64(76)44-73(55-27-22-48(23-28-55)38-47-14-6-4-7-15-47)63-43-71-35-13-34-69(2)65(77)33-37-72(68(69)71,61(63)32-36-70(66,73)3)62-41-53-19-10-11-21-57(53)59(60(62)42-71)40-49-16-12-20-52(39-49)51-24-29-56(75)30-25-51/h4,6-7,10-16,19-21,24-25,29-30,35,39,41-42,45-46,48,50,55,58,62,64-66,68,74-77H,5,8-9,17-18,22-23,26-28,31-34,36-38,40,43-44H2,1-3H3,(H,78,79). The number of rotatable bonds is 13. The van der Waals surface area contributed by atoms with Crippen molar-refractivity contribution in [1.29, 1.82) is 0 Å². The molecule has 6 nitrogen and oxygen atoms in total. The highest BCUT2D eigenvalue weighted by Gasteiger charge is 2.76. The maximum absolute atomic E-state index is 14.2. The van der Waals surface area contributed by atoms with Gasteiger partial charge >= 0.3 is 5.97 Å². The van der Waals surface area contributed by atoms with Gasteiger partial charge in [-0.2, -0.15) is 0 Å². The largest absolute Gasteiger partial charge is 0.516 e. The number of carboxylic acids is 1. The van der Waals surface area contributed by atoms with Crippen molar-refractivity contribution in [3.8, 4) is 16.9 Å². The van der Waals surface area contributed by atoms with Gasteiger partial charge in [-0.05, 0) is 206 Å². The quantitative estimate of drug-likeness (QED) is 0.0672. The number of aliphatic hydroxyl groups excluding tert-OH is 3. The van der Waals surface area contributed by atoms with Crippen molar-refractivity contribution >= 4 is 17.6 Å². The SMILES string of the molecule is CC(C(=CO)CCC(C(=O)O)C1C(O)CC2(C3CCC(Cc4ccccc4)CC3)C3=C(CCC12C)C12CCC(O)C4(C)CC=CC(C=C5C(Cc6cccc(-c7ccc(O)cc7)c6)=c6ccccc6=CC51)(C3)C42)C1CCCCC1. The van der Waals surface area contributed by atoms with E-state index in [4.69, 9.17) is 0 Å². The zero-order valence-corrected chi connectivity index (χ0v) is 47.3. The van der Waals surface area contributed by atoms with E-state index in [1.807, 2.05) is 12.1 Å². The fraction of sp³-hybridized carbons (Fsp3) is 0.521. The molecule has 0 spiro atoms. The summed E-state index contributed by atoms with van der Waals surface area (Å²) in [7, 11) is 0. The third-order valence-electron chi connectivity index (χ3n) is 24.1. The van der Waals surface area contributed by atoms with E-state index in [-0.39, 0.29) is 34.3 Å². The van der Waals surface area contributed by atoms with Gasteiger partial charge in [0, 0.05) is 33.5 Å². The zero-order valence-electron chi connectivity index (χ0n) is 47.3. The number of allylic oxidation sites excluding steroid dienone is 7. The van der Waals surface area contributed by atoms with Crippen molar-refractivity contribution in [3.63, 3.8) is 0 Å². The Bertz CT molecular complexity index is 3240. The van der Waals surface area contributed by atoms with E-state index >= 15 is 0 Å². The summed E-state index contributed by atoms with van der Waals surface area (Å²) in [5.74, 6) is 0.0894. The Morgan fingerprint density at radius 3 is 2.30 bits per heavy atom. The molecule has 79 heavy (non-hydrogen) atoms. The van der Waals surface area contributed by atoms with Crippen LogP contribution < -0.4 is 10.4 Å². The molecule has 0 saturated heterocycles. The highest BCUT2D eigenvalue weighted by molar-refractivity contribution is 5.77. The summed E-state index contributed by atoms with van der Waals surface area (Å²) in [4.78, 5) is 14.2. The average Bonchev–Trinajstić information content (AvgIpc) is 3.73. The van der Waals surface area contributed by atoms with E-state index in [1.165, 1.54) is 58.2 Å². The second-order valence-corrected chi connectivity index (χ2v) is 27.6. The Balaban J connectivity index is 0.957. The van der Waals surface area contributed by atoms with Crippen molar-refractivity contribution in [3.05, 3.63) is 171 Å². The van der Waals surface area contributed by atoms with E-state index < -0.39 is 46.3 Å². The number of carboxylic acid groups (broad SMARTS) is 1. The van der Waals surface area contributed by atoms with Crippen LogP contribution >= 0.6 is 0 Å². The minimum absolute atomic E-state index is 0.0752. The van der Waals surface area contributed by atoms with Gasteiger partial charge in [0.15, 0.2) is 0 Å². The summed E-state index contributed by atoms with van der Waals surface area (Å²) in [5, 5.41) is 61.1. The number of aliphatic carboxylic acids is 1. The Labute approximate surface area is 469 Å². The summed E-state index contributed by atoms with van der Waals surface area (Å²) in [6.07, 6.45) is 29.3. The number of fused-ring (bicyclic) bond motifs is 4. The van der Waals surface area contributed by atoms with E-state index in [0.29, 0.717) is 37.0 Å². The summed E-state index contributed by atoms with van der Waals surface area (Å²) in [5.41, 5.74) is 9.88. The predicted molar refractivity (Wildman–Crippen MR) is 316 cm³/mol. The third kappa shape index (κ3) is 8.31. The van der Waals surface area contributed by atoms with Crippen molar-refractivity contribution in [1.82, 2.24) is 0 Å². The lowest BCUT2D eigenvalue weighted by molar-refractivity contribution is -0.164. The lowest BCUT2D eigenvalue weighted by atomic mass is 9.30. The normalized spacial score (nSPS) is 36.4. The van der Waals surface area contributed by atoms with E-state index in [2.05, 4.69) is 124 Å². The van der Waals surface area contributed by atoms with Crippen LogP contribution in [0.4, 0.5) is 0 Å². The molecule has 4 fully saturated rings. The van der Waals surface area contributed by atoms with E-state index in [9.17, 15) is 30.3 Å². The van der Waals surface area contributed by atoms with E-state index in [1.54, 1.807) is 23.3 Å². The first kappa shape index (κ1) is 52.9. The van der Waals surface area contributed by atoms with Crippen molar-refractivity contribution in [2.75, 3.05) is 0 Å². The molecule has 0 aromatic heterocycles. The summed E-state index contributed by atoms with van der Waals surface area (Å²) in [6.45, 7) is 7.12. The highest BCUT2D eigenvalue weighted by atomic mass is 16.4. The minimum atomic E-state index is -0.806. The predicted octanol–water partition coefficient (Wildman–Crippen LogP) is 14.6. The fourth-order valence-corrected chi connectivity index (χ4v) is 20.8. The van der Waals surface area contributed by atoms with Crippen LogP contribution in [0.3, 0.4) is 0 Å². The number of hydrogen-bond donors (Lipinski definition) is 5. The van der Waals surface area contributed by atoms with Gasteiger partial charge in [0.1, 0.15) is 5.75 Å². The molecule has 414 valence electrons. The zero-order chi connectivity index (χ0) is 54.5. The van der Waals surface area contributed by atoms with Crippen LogP contribution in [-0.4, -0.2) is 43.7 Å². The van der Waals surface area contributed by atoms with Crippen molar-refractivity contribution in [2.45, 2.75) is 161 Å². The fourth-order valence-electron chi connectivity index (χ4n) is 20.8. The first-order chi connectivity index (χ1) is 38.2. The minimum Gasteiger partial charge on any atom is -0.516 e. The number of hydrogen-bond acceptors (Lipinski definition) is 5. The summed E-state index contributed by atoms with van der Waals surface area (Å²) in [6, 6.07) is 36.5. The Morgan fingerprint density at radius 1 is 0.797 bits per heavy atom. The Hall–Kier alpha value is -5.43. The molecule has 4 saturated carbocycles. The van der Waals surface area contributed by atoms with Gasteiger partial charge in [0.2, 0.25) is 0 Å². The monoisotopic (exact) mass is 1060 g/mol. The highest BCUT2D eigenvalue weighted by Crippen LogP contribution is 2.82. The molecule has 9 aliphatic rings. The maximum atomic E-state index is 14.2. The van der Waals surface area contributed by atoms with Crippen LogP contribution in [-0.2, 0) is 17.6 Å². The summed E-state index contributed by atoms with van der Waals surface area (Å²) >= 11 is 0. The Kier molecular flexibility index (Phi) is 13.5. The molecule has 13 rings (SSSR count). The molecule has 0 amide bonds. The smallest absolute Gasteiger partial charge is 0.306 e. The van der Waals surface area contributed by atoms with Gasteiger partial charge in [-0.1, -0.05) is 166 Å². The Morgan fingerprint density at radius 2 is 1.54 bits per heavy atom. The second-order valence-electron chi connectivity index (χ2n) is 27.6. The molecule has 0 heterocycles. The first-order valence-corrected chi connectivity index (χ1v) is 31.0. The van der Waals surface area contributed by atoms with Crippen LogP contribution in [0.1, 0.15) is 147 Å². The molecule has 4 aromatic rings. The van der Waals surface area contributed by atoms with Gasteiger partial charge in [-0.3, -0.25) is 4.79 Å². The van der Waals surface area contributed by atoms with Crippen molar-refractivity contribution < 1.29 is 30.3 Å². The molecule has 12 unspecified atom stereocenters. The summed E-state index contributed by atoms with van der Waals surface area (Å²) < 4.78 is 0. The maximum Gasteiger partial charge on any atom is 0.306 e. The van der Waals surface area contributed by atoms with Crippen LogP contribution in [0, 0.1) is 74.4 Å². The van der Waals surface area contributed by atoms with Gasteiger partial charge in [0.25, 0.3) is 0 Å². The van der Waals surface area contributed by atoms with Crippen LogP contribution in [0.25, 0.3) is 22.8 Å². The van der Waals surface area contributed by atoms with Crippen molar-refractivity contribution in [2.24, 2.45) is 74.4 Å². The lowest BCUT2D eigenvalue weighted by Crippen LogP contribution is -2.68. The molecular weight excluding hydrogens is 973 g/mol. The number of phenolic OH excluding ortho intramolecular Hbond substituents is 1. The van der Waals surface area contributed by atoms with Gasteiger partial charge < -0.3 is 25.5 Å². The lowest BCUT2D eigenvalue weighted by Gasteiger charge is -2.73. The van der Waals surface area contributed by atoms with Gasteiger partial charge in [-0.25, -0.2) is 0 Å². The molecule has 12 atom stereocenters. The number of aliphatic hydroxyl groups is 3. The van der Waals surface area contributed by atoms with Crippen LogP contribution in [0.2, 0.25) is 0 Å². The first-order valence-electron chi connectivity index (χ1n) is 31.0. The van der Waals surface area contributed by atoms with Crippen LogP contribution in [0.15, 0.2) is 150 Å². The van der Waals surface area contributed by atoms with E-state index in [0.717, 1.165) is 107 Å². The second kappa shape index (κ2) is 20.2. The third-order valence-corrected chi connectivity index (χ3v) is 24.1. The number of benzene rings is 4. The van der Waals surface area contributed by atoms with Crippen LogP contribution in [0.5, 0.6) is 5.75 Å². The average molecular weight is 1060 g/mol. The number of phenols is 1. The molecule has 0 radical (unpaired) electrons. The molecule has 0 aliphatic heterocycles. The molecule has 4 aromatic carbocycles.